The van der Waals surface area contributed by atoms with E-state index in [-0.39, 0.29) is 6.61 Å². The Hall–Kier alpha value is -0.240. The van der Waals surface area contributed by atoms with Crippen LogP contribution in [0.4, 0.5) is 0 Å². The van der Waals surface area contributed by atoms with Gasteiger partial charge >= 0.3 is 0 Å². The van der Waals surface area contributed by atoms with Crippen LogP contribution in [-0.4, -0.2) is 87.9 Å². The number of quaternary nitrogens is 2. The fourth-order valence-corrected chi connectivity index (χ4v) is 0.648. The van der Waals surface area contributed by atoms with Gasteiger partial charge in [0.1, 0.15) is 19.7 Å². The van der Waals surface area contributed by atoms with Crippen LogP contribution in [0.15, 0.2) is 0 Å². The summed E-state index contributed by atoms with van der Waals surface area (Å²) >= 11 is 0. The van der Waals surface area contributed by atoms with Gasteiger partial charge in [0.25, 0.3) is 0 Å². The minimum Gasteiger partial charge on any atom is -0.391 e. The molecule has 2 N–H and O–H groups in total. The second-order valence-corrected chi connectivity index (χ2v) is 5.65. The van der Waals surface area contributed by atoms with Crippen molar-refractivity contribution in [3.8, 4) is 0 Å². The van der Waals surface area contributed by atoms with Gasteiger partial charge in [-0.1, -0.05) is 5.04 Å². The third-order valence-corrected chi connectivity index (χ3v) is 1.67. The first kappa shape index (κ1) is 18.1. The Labute approximate surface area is 98.6 Å². The van der Waals surface area contributed by atoms with Gasteiger partial charge in [-0.25, -0.2) is 10.1 Å². The highest BCUT2D eigenvalue weighted by Gasteiger charge is 2.05. The molecule has 0 amide bonds. The van der Waals surface area contributed by atoms with Crippen LogP contribution >= 0.6 is 0 Å². The van der Waals surface area contributed by atoms with Crippen molar-refractivity contribution >= 4 is 0 Å². The van der Waals surface area contributed by atoms with Crippen molar-refractivity contribution in [3.05, 3.63) is 0 Å². The average molecular weight is 240 g/mol. The summed E-state index contributed by atoms with van der Waals surface area (Å²) in [6.45, 7) is 2.32. The Balaban J connectivity index is 0. The molecule has 6 heteroatoms. The molecule has 0 radical (unpaired) electrons. The van der Waals surface area contributed by atoms with Crippen LogP contribution in [0.1, 0.15) is 0 Å². The summed E-state index contributed by atoms with van der Waals surface area (Å²) in [7, 11) is 12.2. The molecule has 0 aromatic carbocycles. The zero-order chi connectivity index (χ0) is 13.2. The third kappa shape index (κ3) is 23.5. The molecule has 0 aromatic heterocycles. The van der Waals surface area contributed by atoms with Gasteiger partial charge < -0.3 is 14.1 Å². The van der Waals surface area contributed by atoms with Crippen molar-refractivity contribution < 1.29 is 29.3 Å². The van der Waals surface area contributed by atoms with Crippen molar-refractivity contribution in [3.63, 3.8) is 0 Å². The summed E-state index contributed by atoms with van der Waals surface area (Å²) in [4.78, 5) is 4.25. The molecule has 0 saturated heterocycles. The fourth-order valence-electron chi connectivity index (χ4n) is 0.648. The average Bonchev–Trinajstić information content (AvgIpc) is 2.01. The number of nitrogens with zero attached hydrogens (tertiary/aromatic N) is 2. The van der Waals surface area contributed by atoms with E-state index in [2.05, 4.69) is 31.1 Å². The highest BCUT2D eigenvalue weighted by molar-refractivity contribution is 4.21. The Morgan fingerprint density at radius 3 is 1.50 bits per heavy atom. The molecule has 0 aliphatic carbocycles. The lowest BCUT2D eigenvalue weighted by Crippen LogP contribution is -2.37. The molecule has 0 rings (SSSR count). The number of hydrogen-bond acceptors (Lipinski definition) is 4. The van der Waals surface area contributed by atoms with Gasteiger partial charge in [0.15, 0.2) is 0 Å². The van der Waals surface area contributed by atoms with E-state index in [4.69, 9.17) is 10.4 Å². The van der Waals surface area contributed by atoms with Gasteiger partial charge in [0.05, 0.1) is 48.9 Å². The summed E-state index contributed by atoms with van der Waals surface area (Å²) in [6.07, 6.45) is 0. The molecular formula is C10H28N2O4+2. The smallest absolute Gasteiger partial charge is 0.134 e. The minimum absolute atomic E-state index is 0.281. The number of rotatable bonds is 6. The zero-order valence-corrected chi connectivity index (χ0v) is 11.4. The van der Waals surface area contributed by atoms with Gasteiger partial charge in [-0.2, -0.15) is 0 Å². The summed E-state index contributed by atoms with van der Waals surface area (Å²) < 4.78 is 1.64. The highest BCUT2D eigenvalue weighted by atomic mass is 17.5. The normalized spacial score (nSPS) is 12.0. The van der Waals surface area contributed by atoms with Gasteiger partial charge in [0.2, 0.25) is 0 Å². The van der Waals surface area contributed by atoms with Crippen molar-refractivity contribution in [1.82, 2.24) is 0 Å². The van der Waals surface area contributed by atoms with Crippen LogP contribution in [-0.2, 0) is 9.93 Å². The molecule has 0 spiro atoms. The van der Waals surface area contributed by atoms with Gasteiger partial charge in [-0.3, -0.25) is 0 Å². The van der Waals surface area contributed by atoms with E-state index in [0.717, 1.165) is 22.1 Å². The van der Waals surface area contributed by atoms with Crippen molar-refractivity contribution in [1.29, 1.82) is 0 Å². The molecule has 0 fully saturated rings. The van der Waals surface area contributed by atoms with E-state index < -0.39 is 0 Å². The number of aliphatic hydroxyl groups is 1. The molecule has 0 heterocycles. The predicted octanol–water partition coefficient (Wildman–Crippen LogP) is -0.201. The maximum atomic E-state index is 8.39. The molecule has 0 aliphatic rings. The van der Waals surface area contributed by atoms with E-state index >= 15 is 0 Å². The molecule has 6 nitrogen and oxygen atoms in total. The highest BCUT2D eigenvalue weighted by Crippen LogP contribution is 1.88. The van der Waals surface area contributed by atoms with E-state index in [1.165, 1.54) is 0 Å². The predicted molar refractivity (Wildman–Crippen MR) is 62.6 cm³/mol. The topological polar surface area (TPSA) is 58.9 Å². The van der Waals surface area contributed by atoms with Crippen LogP contribution in [0.5, 0.6) is 0 Å². The van der Waals surface area contributed by atoms with Crippen molar-refractivity contribution in [2.45, 2.75) is 0 Å². The first-order valence-corrected chi connectivity index (χ1v) is 5.27. The van der Waals surface area contributed by atoms with Gasteiger partial charge in [-0.05, 0) is 0 Å². The zero-order valence-electron chi connectivity index (χ0n) is 11.4. The van der Waals surface area contributed by atoms with Crippen LogP contribution in [0, 0.1) is 0 Å². The van der Waals surface area contributed by atoms with Gasteiger partial charge in [-0.15, -0.1) is 0 Å². The fraction of sp³-hybridized carbons (Fsp3) is 1.00. The van der Waals surface area contributed by atoms with Crippen molar-refractivity contribution in [2.75, 3.05) is 68.6 Å². The number of aliphatic hydroxyl groups excluding tert-OH is 1. The second kappa shape index (κ2) is 8.86. The first-order chi connectivity index (χ1) is 7.12. The lowest BCUT2D eigenvalue weighted by atomic mass is 10.5. The molecule has 0 aromatic rings. The molecule has 0 saturated carbocycles. The monoisotopic (exact) mass is 240 g/mol. The largest absolute Gasteiger partial charge is 0.391 e. The van der Waals surface area contributed by atoms with E-state index in [1.807, 2.05) is 21.1 Å². The quantitative estimate of drug-likeness (QED) is 0.292. The van der Waals surface area contributed by atoms with Crippen LogP contribution in [0.25, 0.3) is 0 Å². The Morgan fingerprint density at radius 1 is 0.875 bits per heavy atom. The maximum Gasteiger partial charge on any atom is 0.134 e. The van der Waals surface area contributed by atoms with E-state index in [1.54, 1.807) is 0 Å². The molecule has 16 heavy (non-hydrogen) atoms. The minimum atomic E-state index is 0.281. The summed E-state index contributed by atoms with van der Waals surface area (Å²) in [5.41, 5.74) is 0. The van der Waals surface area contributed by atoms with E-state index in [9.17, 15) is 0 Å². The molecule has 0 bridgehead atoms. The maximum absolute atomic E-state index is 8.39. The Bertz CT molecular complexity index is 152. The molecule has 0 unspecified atom stereocenters. The van der Waals surface area contributed by atoms with Crippen LogP contribution in [0.2, 0.25) is 0 Å². The number of likely N-dealkylation sites (N-methyl/N-ethyl adjacent to an activating group) is 2. The SMILES string of the molecule is C[N+](C)(C)CCO.C[N+](C)(C)CCOOO. The number of hydrogen-bond donors (Lipinski definition) is 2. The standard InChI is InChI=1S/C5H13NO3.C5H14NO/c1-6(2,3)4-5-8-9-7;1-6(2,3)4-5-7/h4-5H2,1-3H3;7H,4-5H2,1-3H3/q;+1/p+1. The molecule has 100 valence electrons. The Morgan fingerprint density at radius 2 is 1.31 bits per heavy atom. The summed E-state index contributed by atoms with van der Waals surface area (Å²) in [5, 5.41) is 19.5. The first-order valence-electron chi connectivity index (χ1n) is 5.27. The molecular weight excluding hydrogens is 212 g/mol. The van der Waals surface area contributed by atoms with Crippen LogP contribution < -0.4 is 0 Å². The van der Waals surface area contributed by atoms with Gasteiger partial charge in [0, 0.05) is 0 Å². The summed E-state index contributed by atoms with van der Waals surface area (Å²) in [6, 6.07) is 0. The Kier molecular flexibility index (Phi) is 10.0. The second-order valence-electron chi connectivity index (χ2n) is 5.65. The molecule has 0 aliphatic heterocycles. The molecule has 0 atom stereocenters. The lowest BCUT2D eigenvalue weighted by molar-refractivity contribution is -0.872. The van der Waals surface area contributed by atoms with Crippen molar-refractivity contribution in [2.24, 2.45) is 0 Å². The third-order valence-electron chi connectivity index (χ3n) is 1.67. The van der Waals surface area contributed by atoms with E-state index in [0.29, 0.717) is 6.61 Å². The lowest BCUT2D eigenvalue weighted by Gasteiger charge is -2.22. The summed E-state index contributed by atoms with van der Waals surface area (Å²) in [5.74, 6) is 0. The van der Waals surface area contributed by atoms with Crippen LogP contribution in [0.3, 0.4) is 0 Å².